The summed E-state index contributed by atoms with van der Waals surface area (Å²) >= 11 is 1.11. The number of rotatable bonds is 2. The lowest BCUT2D eigenvalue weighted by Crippen LogP contribution is -2.08. The van der Waals surface area contributed by atoms with Crippen molar-refractivity contribution in [3.63, 3.8) is 0 Å². The van der Waals surface area contributed by atoms with Crippen LogP contribution in [0, 0.1) is 18.3 Å². The van der Waals surface area contributed by atoms with Crippen molar-refractivity contribution < 1.29 is 9.53 Å². The minimum atomic E-state index is -0.445. The molecule has 0 fully saturated rings. The number of esters is 1. The van der Waals surface area contributed by atoms with E-state index in [4.69, 9.17) is 10.5 Å². The van der Waals surface area contributed by atoms with Crippen LogP contribution in [0.1, 0.15) is 28.4 Å². The maximum atomic E-state index is 11.8. The SMILES string of the molecule is CCOC(=O)c1cc2c(N)snc2c(C#N)c1C. The highest BCUT2D eigenvalue weighted by Crippen LogP contribution is 2.31. The zero-order valence-corrected chi connectivity index (χ0v) is 10.8. The summed E-state index contributed by atoms with van der Waals surface area (Å²) in [6, 6.07) is 3.71. The number of carbonyl (C=O) groups excluding carboxylic acids is 1. The second-order valence-electron chi connectivity index (χ2n) is 3.70. The fraction of sp³-hybridized carbons (Fsp3) is 0.250. The average molecular weight is 261 g/mol. The first-order valence-electron chi connectivity index (χ1n) is 5.35. The van der Waals surface area contributed by atoms with Crippen LogP contribution in [0.3, 0.4) is 0 Å². The molecule has 0 aliphatic rings. The summed E-state index contributed by atoms with van der Waals surface area (Å²) in [5, 5.41) is 10.3. The van der Waals surface area contributed by atoms with Gasteiger partial charge < -0.3 is 10.5 Å². The summed E-state index contributed by atoms with van der Waals surface area (Å²) in [5.41, 5.74) is 7.66. The zero-order chi connectivity index (χ0) is 13.3. The van der Waals surface area contributed by atoms with E-state index in [2.05, 4.69) is 10.4 Å². The molecule has 0 bridgehead atoms. The molecule has 1 heterocycles. The van der Waals surface area contributed by atoms with Crippen LogP contribution in [0.2, 0.25) is 0 Å². The van der Waals surface area contributed by atoms with E-state index in [-0.39, 0.29) is 6.61 Å². The first-order chi connectivity index (χ1) is 8.60. The highest BCUT2D eigenvalue weighted by atomic mass is 32.1. The van der Waals surface area contributed by atoms with Crippen LogP contribution in [-0.2, 0) is 4.74 Å². The monoisotopic (exact) mass is 261 g/mol. The minimum absolute atomic E-state index is 0.287. The fourth-order valence-corrected chi connectivity index (χ4v) is 2.39. The smallest absolute Gasteiger partial charge is 0.338 e. The van der Waals surface area contributed by atoms with Gasteiger partial charge in [-0.05, 0) is 37.0 Å². The summed E-state index contributed by atoms with van der Waals surface area (Å²) in [6.07, 6.45) is 0. The number of nitrogens with two attached hydrogens (primary N) is 1. The number of aromatic nitrogens is 1. The number of hydrogen-bond donors (Lipinski definition) is 1. The highest BCUT2D eigenvalue weighted by molar-refractivity contribution is 7.11. The molecular weight excluding hydrogens is 250 g/mol. The standard InChI is InChI=1S/C12H11N3O2S/c1-3-17-12(16)7-4-8-10(15-18-11(8)14)9(5-13)6(7)2/h4H,3,14H2,1-2H3. The van der Waals surface area contributed by atoms with Crippen LogP contribution < -0.4 is 5.73 Å². The Bertz CT molecular complexity index is 670. The second kappa shape index (κ2) is 4.63. The van der Waals surface area contributed by atoms with Gasteiger partial charge in [0.05, 0.1) is 17.7 Å². The van der Waals surface area contributed by atoms with E-state index in [0.29, 0.717) is 32.6 Å². The van der Waals surface area contributed by atoms with Gasteiger partial charge in [-0.15, -0.1) is 0 Å². The molecule has 2 N–H and O–H groups in total. The van der Waals surface area contributed by atoms with Gasteiger partial charge in [-0.1, -0.05) is 0 Å². The molecule has 0 amide bonds. The molecule has 2 rings (SSSR count). The zero-order valence-electron chi connectivity index (χ0n) is 9.98. The first-order valence-corrected chi connectivity index (χ1v) is 6.13. The number of benzene rings is 1. The molecule has 0 saturated heterocycles. The molecule has 1 aromatic heterocycles. The third kappa shape index (κ3) is 1.79. The van der Waals surface area contributed by atoms with E-state index in [1.807, 2.05) is 0 Å². The molecule has 6 heteroatoms. The lowest BCUT2D eigenvalue weighted by molar-refractivity contribution is 0.0525. The number of ether oxygens (including phenoxy) is 1. The largest absolute Gasteiger partial charge is 0.462 e. The Morgan fingerprint density at radius 1 is 1.67 bits per heavy atom. The third-order valence-electron chi connectivity index (χ3n) is 2.67. The van der Waals surface area contributed by atoms with Crippen LogP contribution in [0.5, 0.6) is 0 Å². The van der Waals surface area contributed by atoms with Gasteiger partial charge in [-0.2, -0.15) is 9.64 Å². The summed E-state index contributed by atoms with van der Waals surface area (Å²) in [5.74, 6) is -0.445. The average Bonchev–Trinajstić information content (AvgIpc) is 2.70. The van der Waals surface area contributed by atoms with Crippen molar-refractivity contribution >= 4 is 33.4 Å². The van der Waals surface area contributed by atoms with E-state index < -0.39 is 5.97 Å². The molecule has 0 saturated carbocycles. The van der Waals surface area contributed by atoms with Gasteiger partial charge in [0.25, 0.3) is 0 Å². The fourth-order valence-electron chi connectivity index (χ4n) is 1.75. The van der Waals surface area contributed by atoms with E-state index in [0.717, 1.165) is 11.5 Å². The number of fused-ring (bicyclic) bond motifs is 1. The Kier molecular flexibility index (Phi) is 3.17. The molecule has 92 valence electrons. The Morgan fingerprint density at radius 3 is 3.00 bits per heavy atom. The number of nitriles is 1. The van der Waals surface area contributed by atoms with Crippen molar-refractivity contribution in [1.29, 1.82) is 5.26 Å². The van der Waals surface area contributed by atoms with E-state index >= 15 is 0 Å². The highest BCUT2D eigenvalue weighted by Gasteiger charge is 2.19. The summed E-state index contributed by atoms with van der Waals surface area (Å²) < 4.78 is 9.11. The van der Waals surface area contributed by atoms with Crippen molar-refractivity contribution in [2.75, 3.05) is 12.3 Å². The van der Waals surface area contributed by atoms with Crippen molar-refractivity contribution in [2.45, 2.75) is 13.8 Å². The van der Waals surface area contributed by atoms with Crippen molar-refractivity contribution in [3.8, 4) is 6.07 Å². The molecule has 0 aliphatic carbocycles. The summed E-state index contributed by atoms with van der Waals surface area (Å²) in [7, 11) is 0. The molecule has 0 spiro atoms. The molecule has 2 aromatic rings. The minimum Gasteiger partial charge on any atom is -0.462 e. The van der Waals surface area contributed by atoms with E-state index in [1.54, 1.807) is 19.9 Å². The maximum Gasteiger partial charge on any atom is 0.338 e. The maximum absolute atomic E-state index is 11.8. The van der Waals surface area contributed by atoms with Crippen LogP contribution in [-0.4, -0.2) is 16.9 Å². The van der Waals surface area contributed by atoms with Gasteiger partial charge in [-0.3, -0.25) is 0 Å². The van der Waals surface area contributed by atoms with Gasteiger partial charge in [0.15, 0.2) is 0 Å². The van der Waals surface area contributed by atoms with Gasteiger partial charge >= 0.3 is 5.97 Å². The lowest BCUT2D eigenvalue weighted by Gasteiger charge is -2.07. The van der Waals surface area contributed by atoms with E-state index in [9.17, 15) is 10.1 Å². The van der Waals surface area contributed by atoms with Gasteiger partial charge in [0.1, 0.15) is 16.6 Å². The van der Waals surface area contributed by atoms with Gasteiger partial charge in [0.2, 0.25) is 0 Å². The predicted octanol–water partition coefficient (Wildman–Crippen LogP) is 2.24. The normalized spacial score (nSPS) is 10.3. The van der Waals surface area contributed by atoms with Crippen molar-refractivity contribution in [2.24, 2.45) is 0 Å². The molecule has 0 atom stereocenters. The molecule has 0 radical (unpaired) electrons. The topological polar surface area (TPSA) is 89.0 Å². The van der Waals surface area contributed by atoms with Crippen LogP contribution in [0.25, 0.3) is 10.9 Å². The lowest BCUT2D eigenvalue weighted by atomic mass is 9.99. The van der Waals surface area contributed by atoms with E-state index in [1.165, 1.54) is 0 Å². The van der Waals surface area contributed by atoms with Gasteiger partial charge in [-0.25, -0.2) is 4.79 Å². The number of nitrogens with zero attached hydrogens (tertiary/aromatic N) is 2. The molecule has 18 heavy (non-hydrogen) atoms. The van der Waals surface area contributed by atoms with Crippen molar-refractivity contribution in [1.82, 2.24) is 4.37 Å². The summed E-state index contributed by atoms with van der Waals surface area (Å²) in [6.45, 7) is 3.73. The summed E-state index contributed by atoms with van der Waals surface area (Å²) in [4.78, 5) is 11.8. The Hall–Kier alpha value is -2.13. The number of nitrogen functional groups attached to an aromatic ring is 1. The van der Waals surface area contributed by atoms with Crippen LogP contribution >= 0.6 is 11.5 Å². The molecule has 5 nitrogen and oxygen atoms in total. The van der Waals surface area contributed by atoms with Crippen LogP contribution in [0.4, 0.5) is 5.00 Å². The van der Waals surface area contributed by atoms with Gasteiger partial charge in [0, 0.05) is 5.39 Å². The van der Waals surface area contributed by atoms with Crippen LogP contribution in [0.15, 0.2) is 6.07 Å². The Morgan fingerprint density at radius 2 is 2.39 bits per heavy atom. The number of hydrogen-bond acceptors (Lipinski definition) is 6. The Labute approximate surface area is 108 Å². The molecule has 1 aromatic carbocycles. The quantitative estimate of drug-likeness (QED) is 0.837. The molecule has 0 unspecified atom stereocenters. The number of carbonyl (C=O) groups is 1. The van der Waals surface area contributed by atoms with Crippen molar-refractivity contribution in [3.05, 3.63) is 22.8 Å². The third-order valence-corrected chi connectivity index (χ3v) is 3.36. The molecular formula is C12H11N3O2S. The second-order valence-corrected chi connectivity index (χ2v) is 4.50. The first kappa shape index (κ1) is 12.3. The Balaban J connectivity index is 2.76. The molecule has 0 aliphatic heterocycles. The number of anilines is 1. The predicted molar refractivity (Wildman–Crippen MR) is 69.4 cm³/mol.